The second kappa shape index (κ2) is 5.24. The molecule has 0 spiro atoms. The van der Waals surface area contributed by atoms with Crippen LogP contribution in [0.3, 0.4) is 0 Å². The number of nitrogens with one attached hydrogen (secondary N) is 2. The van der Waals surface area contributed by atoms with Gasteiger partial charge in [0.15, 0.2) is 0 Å². The molecule has 0 saturated carbocycles. The molecular formula is C14H18N2OS. The molecule has 2 aromatic rings. The summed E-state index contributed by atoms with van der Waals surface area (Å²) in [4.78, 5) is 3.24. The van der Waals surface area contributed by atoms with Gasteiger partial charge in [-0.3, -0.25) is 4.21 Å². The van der Waals surface area contributed by atoms with E-state index in [0.29, 0.717) is 6.04 Å². The predicted molar refractivity (Wildman–Crippen MR) is 76.0 cm³/mol. The molecule has 18 heavy (non-hydrogen) atoms. The Balaban J connectivity index is 1.60. The van der Waals surface area contributed by atoms with Gasteiger partial charge in [0.25, 0.3) is 0 Å². The predicted octanol–water partition coefficient (Wildman–Crippen LogP) is 2.17. The van der Waals surface area contributed by atoms with Crippen molar-refractivity contribution in [3.63, 3.8) is 0 Å². The van der Waals surface area contributed by atoms with Crippen molar-refractivity contribution in [2.24, 2.45) is 0 Å². The molecule has 1 aliphatic heterocycles. The first kappa shape index (κ1) is 11.9. The molecule has 1 aromatic carbocycles. The molecule has 0 aliphatic carbocycles. The average molecular weight is 262 g/mol. The fourth-order valence-corrected chi connectivity index (χ4v) is 3.76. The zero-order valence-electron chi connectivity index (χ0n) is 10.3. The van der Waals surface area contributed by atoms with E-state index in [0.717, 1.165) is 30.9 Å². The standard InChI is InChI=1S/C14H18N2OS/c17-18-7-4-13(5-8-18)16-10-11-1-2-12-3-6-15-14(12)9-11/h1-3,6,9,13,15-16H,4-5,7-8,10H2. The van der Waals surface area contributed by atoms with E-state index in [1.807, 2.05) is 6.20 Å². The quantitative estimate of drug-likeness (QED) is 0.890. The molecule has 0 amide bonds. The van der Waals surface area contributed by atoms with Crippen LogP contribution in [0.5, 0.6) is 0 Å². The Hall–Kier alpha value is -1.13. The zero-order valence-corrected chi connectivity index (χ0v) is 11.1. The maximum Gasteiger partial charge on any atom is 0.0457 e. The molecule has 3 rings (SSSR count). The lowest BCUT2D eigenvalue weighted by molar-refractivity contribution is 0.475. The fourth-order valence-electron chi connectivity index (χ4n) is 2.47. The van der Waals surface area contributed by atoms with Crippen molar-refractivity contribution in [1.29, 1.82) is 0 Å². The summed E-state index contributed by atoms with van der Waals surface area (Å²) in [6.45, 7) is 0.895. The van der Waals surface area contributed by atoms with Crippen LogP contribution in [0.15, 0.2) is 30.5 Å². The summed E-state index contributed by atoms with van der Waals surface area (Å²) in [6.07, 6.45) is 4.05. The first-order chi connectivity index (χ1) is 8.81. The van der Waals surface area contributed by atoms with Gasteiger partial charge < -0.3 is 10.3 Å². The van der Waals surface area contributed by atoms with Gasteiger partial charge >= 0.3 is 0 Å². The minimum atomic E-state index is -0.567. The van der Waals surface area contributed by atoms with Crippen LogP contribution in [0.2, 0.25) is 0 Å². The fraction of sp³-hybridized carbons (Fsp3) is 0.429. The van der Waals surface area contributed by atoms with Crippen LogP contribution in [-0.2, 0) is 17.3 Å². The molecule has 4 heteroatoms. The third kappa shape index (κ3) is 2.65. The molecule has 1 saturated heterocycles. The number of fused-ring (bicyclic) bond motifs is 1. The van der Waals surface area contributed by atoms with Crippen LogP contribution >= 0.6 is 0 Å². The summed E-state index contributed by atoms with van der Waals surface area (Å²) < 4.78 is 11.3. The molecule has 2 heterocycles. The second-order valence-corrected chi connectivity index (χ2v) is 6.60. The highest BCUT2D eigenvalue weighted by molar-refractivity contribution is 7.85. The summed E-state index contributed by atoms with van der Waals surface area (Å²) in [5, 5.41) is 4.82. The Morgan fingerprint density at radius 2 is 2.11 bits per heavy atom. The first-order valence-corrected chi connectivity index (χ1v) is 7.94. The van der Waals surface area contributed by atoms with Gasteiger partial charge in [0.2, 0.25) is 0 Å². The molecular weight excluding hydrogens is 244 g/mol. The molecule has 0 atom stereocenters. The number of H-pyrrole nitrogens is 1. The van der Waals surface area contributed by atoms with Crippen molar-refractivity contribution in [3.8, 4) is 0 Å². The van der Waals surface area contributed by atoms with Crippen molar-refractivity contribution in [2.75, 3.05) is 11.5 Å². The molecule has 0 radical (unpaired) electrons. The molecule has 1 fully saturated rings. The molecule has 96 valence electrons. The molecule has 3 nitrogen and oxygen atoms in total. The van der Waals surface area contributed by atoms with E-state index in [1.54, 1.807) is 0 Å². The summed E-state index contributed by atoms with van der Waals surface area (Å²) >= 11 is 0. The first-order valence-electron chi connectivity index (χ1n) is 6.46. The second-order valence-electron chi connectivity index (χ2n) is 4.90. The summed E-state index contributed by atoms with van der Waals surface area (Å²) in [5.41, 5.74) is 2.50. The smallest absolute Gasteiger partial charge is 0.0457 e. The molecule has 0 unspecified atom stereocenters. The normalized spacial score (nSPS) is 24.4. The third-order valence-electron chi connectivity index (χ3n) is 3.60. The Morgan fingerprint density at radius 3 is 2.94 bits per heavy atom. The Labute approximate surface area is 109 Å². The largest absolute Gasteiger partial charge is 0.361 e. The molecule has 1 aliphatic rings. The number of hydrogen-bond acceptors (Lipinski definition) is 2. The number of hydrogen-bond donors (Lipinski definition) is 2. The van der Waals surface area contributed by atoms with Gasteiger partial charge in [-0.25, -0.2) is 0 Å². The van der Waals surface area contributed by atoms with Crippen LogP contribution in [0.1, 0.15) is 18.4 Å². The zero-order chi connectivity index (χ0) is 12.4. The van der Waals surface area contributed by atoms with Crippen molar-refractivity contribution >= 4 is 21.7 Å². The minimum absolute atomic E-state index is 0.530. The van der Waals surface area contributed by atoms with E-state index in [9.17, 15) is 4.21 Å². The lowest BCUT2D eigenvalue weighted by atomic mass is 10.1. The lowest BCUT2D eigenvalue weighted by Gasteiger charge is -2.22. The maximum absolute atomic E-state index is 11.3. The average Bonchev–Trinajstić information content (AvgIpc) is 2.85. The lowest BCUT2D eigenvalue weighted by Crippen LogP contribution is -2.35. The van der Waals surface area contributed by atoms with Gasteiger partial charge in [-0.15, -0.1) is 0 Å². The van der Waals surface area contributed by atoms with Gasteiger partial charge in [-0.05, 0) is 35.9 Å². The number of rotatable bonds is 3. The highest BCUT2D eigenvalue weighted by Crippen LogP contribution is 2.15. The van der Waals surface area contributed by atoms with E-state index < -0.39 is 10.8 Å². The van der Waals surface area contributed by atoms with Crippen LogP contribution in [0.4, 0.5) is 0 Å². The molecule has 0 bridgehead atoms. The monoisotopic (exact) mass is 262 g/mol. The molecule has 2 N–H and O–H groups in total. The number of aromatic amines is 1. The Kier molecular flexibility index (Phi) is 3.48. The van der Waals surface area contributed by atoms with Crippen LogP contribution in [-0.4, -0.2) is 26.7 Å². The van der Waals surface area contributed by atoms with Crippen molar-refractivity contribution in [1.82, 2.24) is 10.3 Å². The SMILES string of the molecule is O=S1CCC(NCc2ccc3cc[nH]c3c2)CC1. The Morgan fingerprint density at radius 1 is 1.28 bits per heavy atom. The van der Waals surface area contributed by atoms with Gasteiger partial charge in [0.05, 0.1) is 0 Å². The van der Waals surface area contributed by atoms with Crippen molar-refractivity contribution in [2.45, 2.75) is 25.4 Å². The van der Waals surface area contributed by atoms with Gasteiger partial charge in [0, 0.05) is 46.6 Å². The van der Waals surface area contributed by atoms with Gasteiger partial charge in [0.1, 0.15) is 0 Å². The Bertz CT molecular complexity index is 554. The maximum atomic E-state index is 11.3. The van der Waals surface area contributed by atoms with E-state index >= 15 is 0 Å². The van der Waals surface area contributed by atoms with Crippen LogP contribution in [0.25, 0.3) is 10.9 Å². The van der Waals surface area contributed by atoms with E-state index in [-0.39, 0.29) is 0 Å². The van der Waals surface area contributed by atoms with E-state index in [2.05, 4.69) is 34.6 Å². The van der Waals surface area contributed by atoms with Gasteiger partial charge in [-0.1, -0.05) is 12.1 Å². The summed E-state index contributed by atoms with van der Waals surface area (Å²) in [6, 6.07) is 9.14. The summed E-state index contributed by atoms with van der Waals surface area (Å²) in [5.74, 6) is 1.71. The van der Waals surface area contributed by atoms with E-state index in [1.165, 1.54) is 16.5 Å². The highest BCUT2D eigenvalue weighted by atomic mass is 32.2. The minimum Gasteiger partial charge on any atom is -0.361 e. The van der Waals surface area contributed by atoms with Crippen molar-refractivity contribution < 1.29 is 4.21 Å². The third-order valence-corrected chi connectivity index (χ3v) is 4.98. The topological polar surface area (TPSA) is 44.9 Å². The molecule has 1 aromatic heterocycles. The van der Waals surface area contributed by atoms with Crippen LogP contribution < -0.4 is 5.32 Å². The van der Waals surface area contributed by atoms with E-state index in [4.69, 9.17) is 0 Å². The van der Waals surface area contributed by atoms with Crippen molar-refractivity contribution in [3.05, 3.63) is 36.0 Å². The number of benzene rings is 1. The van der Waals surface area contributed by atoms with Crippen LogP contribution in [0, 0.1) is 0 Å². The van der Waals surface area contributed by atoms with Gasteiger partial charge in [-0.2, -0.15) is 0 Å². The number of aromatic nitrogens is 1. The highest BCUT2D eigenvalue weighted by Gasteiger charge is 2.16. The summed E-state index contributed by atoms with van der Waals surface area (Å²) in [7, 11) is -0.567.